The van der Waals surface area contributed by atoms with Crippen molar-refractivity contribution in [1.29, 1.82) is 0 Å². The molecule has 0 spiro atoms. The number of ether oxygens (including phenoxy) is 1. The molecule has 0 aromatic carbocycles. The fourth-order valence-corrected chi connectivity index (χ4v) is 3.15. The molecule has 172 valence electrons. The maximum Gasteiger partial charge on any atom is 0.331 e. The van der Waals surface area contributed by atoms with E-state index in [1.54, 1.807) is 12.2 Å². The number of carbonyl (C=O) groups excluding carboxylic acids is 2. The van der Waals surface area contributed by atoms with Gasteiger partial charge in [-0.05, 0) is 12.8 Å². The second-order valence-electron chi connectivity index (χ2n) is 8.90. The van der Waals surface area contributed by atoms with Gasteiger partial charge < -0.3 is 19.1 Å². The Labute approximate surface area is 184 Å². The Balaban J connectivity index is 3.93. The molecule has 0 rings (SSSR count). The highest BCUT2D eigenvalue weighted by Gasteiger charge is 2.21. The first-order chi connectivity index (χ1) is 14.2. The van der Waals surface area contributed by atoms with E-state index in [1.165, 1.54) is 63.9 Å². The van der Waals surface area contributed by atoms with Crippen molar-refractivity contribution in [2.24, 2.45) is 0 Å². The summed E-state index contributed by atoms with van der Waals surface area (Å²) in [5, 5.41) is 10.8. The number of esters is 1. The fourth-order valence-electron chi connectivity index (χ4n) is 3.15. The highest BCUT2D eigenvalue weighted by Crippen LogP contribution is 2.10. The summed E-state index contributed by atoms with van der Waals surface area (Å²) in [6, 6.07) is 0. The number of unbranched alkanes of at least 4 members (excludes halogenated alkanes) is 9. The standard InChI is InChI=1S/C25H43NO4/c1-5-6-7-8-9-10-11-12-13-14-15-16-17-18-19-20-25(29)30-23(21-24(27)28)22-26(2,3)4/h15-20,23H,5-14,21-22H2,1-4H3. The first-order valence-electron chi connectivity index (χ1n) is 11.5. The van der Waals surface area contributed by atoms with Crippen LogP contribution in [0.4, 0.5) is 0 Å². The van der Waals surface area contributed by atoms with Crippen LogP contribution >= 0.6 is 0 Å². The zero-order chi connectivity index (χ0) is 22.7. The number of carboxylic acids is 1. The number of hydrogen-bond donors (Lipinski definition) is 0. The van der Waals surface area contributed by atoms with Gasteiger partial charge >= 0.3 is 5.97 Å². The molecule has 0 N–H and O–H groups in total. The zero-order valence-electron chi connectivity index (χ0n) is 19.6. The zero-order valence-corrected chi connectivity index (χ0v) is 19.6. The van der Waals surface area contributed by atoms with Gasteiger partial charge in [0.15, 0.2) is 6.10 Å². The lowest BCUT2D eigenvalue weighted by Crippen LogP contribution is -2.45. The van der Waals surface area contributed by atoms with Gasteiger partial charge in [0.25, 0.3) is 0 Å². The molecule has 0 aromatic rings. The molecule has 0 aliphatic carbocycles. The van der Waals surface area contributed by atoms with Crippen molar-refractivity contribution in [3.05, 3.63) is 36.5 Å². The SMILES string of the molecule is CCCCCCCCCCCC=CC=CC=CC(=O)OC(CC(=O)[O-])C[N+](C)(C)C. The highest BCUT2D eigenvalue weighted by atomic mass is 16.5. The molecular formula is C25H43NO4. The van der Waals surface area contributed by atoms with Crippen LogP contribution in [-0.2, 0) is 14.3 Å². The summed E-state index contributed by atoms with van der Waals surface area (Å²) in [6.45, 7) is 2.66. The molecule has 30 heavy (non-hydrogen) atoms. The van der Waals surface area contributed by atoms with E-state index in [0.717, 1.165) is 6.42 Å². The van der Waals surface area contributed by atoms with E-state index in [4.69, 9.17) is 4.74 Å². The van der Waals surface area contributed by atoms with Gasteiger partial charge in [-0.25, -0.2) is 4.79 Å². The second-order valence-corrected chi connectivity index (χ2v) is 8.90. The molecule has 0 bridgehead atoms. The molecule has 5 nitrogen and oxygen atoms in total. The molecule has 0 radical (unpaired) electrons. The largest absolute Gasteiger partial charge is 0.550 e. The number of nitrogens with zero attached hydrogens (tertiary/aromatic N) is 1. The van der Waals surface area contributed by atoms with Crippen LogP contribution in [0.25, 0.3) is 0 Å². The summed E-state index contributed by atoms with van der Waals surface area (Å²) in [5.41, 5.74) is 0. The topological polar surface area (TPSA) is 66.4 Å². The third-order valence-corrected chi connectivity index (χ3v) is 4.60. The van der Waals surface area contributed by atoms with E-state index < -0.39 is 18.0 Å². The van der Waals surface area contributed by atoms with Crippen molar-refractivity contribution in [2.45, 2.75) is 83.7 Å². The summed E-state index contributed by atoms with van der Waals surface area (Å²) in [5.74, 6) is -1.76. The smallest absolute Gasteiger partial charge is 0.331 e. The summed E-state index contributed by atoms with van der Waals surface area (Å²) < 4.78 is 5.74. The van der Waals surface area contributed by atoms with E-state index in [9.17, 15) is 14.7 Å². The lowest BCUT2D eigenvalue weighted by atomic mass is 10.1. The average Bonchev–Trinajstić information content (AvgIpc) is 2.63. The van der Waals surface area contributed by atoms with E-state index in [-0.39, 0.29) is 6.42 Å². The predicted molar refractivity (Wildman–Crippen MR) is 122 cm³/mol. The average molecular weight is 422 g/mol. The second kappa shape index (κ2) is 17.9. The third-order valence-electron chi connectivity index (χ3n) is 4.60. The molecule has 1 unspecified atom stereocenters. The van der Waals surface area contributed by atoms with Crippen molar-refractivity contribution in [1.82, 2.24) is 0 Å². The molecule has 0 saturated carbocycles. The van der Waals surface area contributed by atoms with Crippen LogP contribution in [0, 0.1) is 0 Å². The lowest BCUT2D eigenvalue weighted by Gasteiger charge is -2.28. The summed E-state index contributed by atoms with van der Waals surface area (Å²) in [7, 11) is 5.74. The van der Waals surface area contributed by atoms with E-state index in [1.807, 2.05) is 33.3 Å². The van der Waals surface area contributed by atoms with E-state index >= 15 is 0 Å². The van der Waals surface area contributed by atoms with Crippen LogP contribution in [0.3, 0.4) is 0 Å². The van der Waals surface area contributed by atoms with Gasteiger partial charge in [-0.3, -0.25) is 0 Å². The van der Waals surface area contributed by atoms with Crippen molar-refractivity contribution in [2.75, 3.05) is 27.7 Å². The minimum absolute atomic E-state index is 0.299. The Morgan fingerprint density at radius 3 is 2.00 bits per heavy atom. The van der Waals surface area contributed by atoms with E-state index in [2.05, 4.69) is 13.0 Å². The lowest BCUT2D eigenvalue weighted by molar-refractivity contribution is -0.873. The molecule has 0 aromatic heterocycles. The van der Waals surface area contributed by atoms with Gasteiger partial charge in [0.2, 0.25) is 0 Å². The minimum atomic E-state index is -1.22. The van der Waals surface area contributed by atoms with Crippen molar-refractivity contribution < 1.29 is 23.9 Å². The Hall–Kier alpha value is -1.88. The highest BCUT2D eigenvalue weighted by molar-refractivity contribution is 5.82. The van der Waals surface area contributed by atoms with Gasteiger partial charge in [0, 0.05) is 18.5 Å². The number of carboxylic acid groups (broad SMARTS) is 1. The normalized spacial score (nSPS) is 13.5. The maximum absolute atomic E-state index is 11.9. The maximum atomic E-state index is 11.9. The minimum Gasteiger partial charge on any atom is -0.550 e. The van der Waals surface area contributed by atoms with Gasteiger partial charge in [0.1, 0.15) is 6.54 Å². The molecule has 0 aliphatic heterocycles. The molecule has 0 saturated heterocycles. The number of hydrogen-bond acceptors (Lipinski definition) is 4. The van der Waals surface area contributed by atoms with Crippen LogP contribution in [0.15, 0.2) is 36.5 Å². The molecule has 0 aliphatic rings. The van der Waals surface area contributed by atoms with Gasteiger partial charge in [-0.1, -0.05) is 88.7 Å². The molecular weight excluding hydrogens is 378 g/mol. The van der Waals surface area contributed by atoms with Crippen LogP contribution in [0.1, 0.15) is 77.6 Å². The Morgan fingerprint density at radius 1 is 0.867 bits per heavy atom. The van der Waals surface area contributed by atoms with Gasteiger partial charge in [-0.2, -0.15) is 0 Å². The third kappa shape index (κ3) is 20.8. The molecule has 1 atom stereocenters. The molecule has 5 heteroatoms. The van der Waals surface area contributed by atoms with Gasteiger partial charge in [-0.15, -0.1) is 0 Å². The number of likely N-dealkylation sites (N-methyl/N-ethyl adjacent to an activating group) is 1. The van der Waals surface area contributed by atoms with Crippen molar-refractivity contribution >= 4 is 11.9 Å². The Bertz CT molecular complexity index is 544. The van der Waals surface area contributed by atoms with Crippen molar-refractivity contribution in [3.8, 4) is 0 Å². The predicted octanol–water partition coefficient (Wildman–Crippen LogP) is 4.33. The summed E-state index contributed by atoms with van der Waals surface area (Å²) in [6.07, 6.45) is 22.7. The first kappa shape index (κ1) is 28.1. The molecule has 0 heterocycles. The summed E-state index contributed by atoms with van der Waals surface area (Å²) >= 11 is 0. The Morgan fingerprint density at radius 2 is 1.43 bits per heavy atom. The van der Waals surface area contributed by atoms with Gasteiger partial charge in [0.05, 0.1) is 21.1 Å². The first-order valence-corrected chi connectivity index (χ1v) is 11.5. The fraction of sp³-hybridized carbons (Fsp3) is 0.680. The number of quaternary nitrogens is 1. The van der Waals surface area contributed by atoms with Crippen LogP contribution in [0.5, 0.6) is 0 Å². The van der Waals surface area contributed by atoms with Crippen LogP contribution in [0.2, 0.25) is 0 Å². The Kier molecular flexibility index (Phi) is 16.8. The molecule has 0 fully saturated rings. The van der Waals surface area contributed by atoms with Crippen LogP contribution < -0.4 is 5.11 Å². The number of aliphatic carboxylic acids is 1. The monoisotopic (exact) mass is 421 g/mol. The number of allylic oxidation sites excluding steroid dienone is 5. The number of carbonyl (C=O) groups is 2. The summed E-state index contributed by atoms with van der Waals surface area (Å²) in [4.78, 5) is 22.7. The van der Waals surface area contributed by atoms with E-state index in [0.29, 0.717) is 11.0 Å². The quantitative estimate of drug-likeness (QED) is 0.109. The molecule has 0 amide bonds. The number of rotatable bonds is 18. The van der Waals surface area contributed by atoms with Crippen molar-refractivity contribution in [3.63, 3.8) is 0 Å². The van der Waals surface area contributed by atoms with Crippen LogP contribution in [-0.4, -0.2) is 50.2 Å².